The average molecular weight is 382 g/mol. The highest BCUT2D eigenvalue weighted by Crippen LogP contribution is 2.31. The molecule has 0 spiro atoms. The zero-order valence-electron chi connectivity index (χ0n) is 15.1. The summed E-state index contributed by atoms with van der Waals surface area (Å²) in [5.74, 6) is 2.67. The predicted molar refractivity (Wildman–Crippen MR) is 108 cm³/mol. The van der Waals surface area contributed by atoms with E-state index in [1.807, 2.05) is 41.1 Å². The molecule has 2 N–H and O–H groups in total. The smallest absolute Gasteiger partial charge is 0.246 e. The fraction of sp³-hybridized carbons (Fsp3) is 0.300. The van der Waals surface area contributed by atoms with Crippen LogP contribution in [0.4, 0.5) is 5.69 Å². The SMILES string of the molecule is COc1ccc(Oc2nc(-c3ccsc3)ncc2NC[C@@H]2CCCN2)cc1. The van der Waals surface area contributed by atoms with Crippen LogP contribution in [0.25, 0.3) is 11.4 Å². The fourth-order valence-corrected chi connectivity index (χ4v) is 3.65. The molecule has 6 nitrogen and oxygen atoms in total. The molecular formula is C20H22N4O2S. The first-order valence-corrected chi connectivity index (χ1v) is 9.95. The lowest BCUT2D eigenvalue weighted by Crippen LogP contribution is -2.29. The van der Waals surface area contributed by atoms with E-state index in [1.165, 1.54) is 12.8 Å². The van der Waals surface area contributed by atoms with Crippen LogP contribution in [0.15, 0.2) is 47.3 Å². The van der Waals surface area contributed by atoms with Gasteiger partial charge in [0.1, 0.15) is 17.2 Å². The lowest BCUT2D eigenvalue weighted by Gasteiger charge is -2.16. The highest BCUT2D eigenvalue weighted by Gasteiger charge is 2.16. The number of nitrogens with zero attached hydrogens (tertiary/aromatic N) is 2. The van der Waals surface area contributed by atoms with Crippen LogP contribution in [0, 0.1) is 0 Å². The molecule has 0 radical (unpaired) electrons. The second-order valence-corrected chi connectivity index (χ2v) is 7.16. The summed E-state index contributed by atoms with van der Waals surface area (Å²) >= 11 is 1.62. The van der Waals surface area contributed by atoms with Crippen molar-refractivity contribution >= 4 is 17.0 Å². The van der Waals surface area contributed by atoms with Crippen LogP contribution in [-0.2, 0) is 0 Å². The van der Waals surface area contributed by atoms with Gasteiger partial charge in [0.15, 0.2) is 5.82 Å². The maximum atomic E-state index is 6.08. The highest BCUT2D eigenvalue weighted by molar-refractivity contribution is 7.08. The van der Waals surface area contributed by atoms with Gasteiger partial charge in [0, 0.05) is 23.5 Å². The summed E-state index contributed by atoms with van der Waals surface area (Å²) in [4.78, 5) is 9.17. The molecule has 0 bridgehead atoms. The molecule has 4 rings (SSSR count). The summed E-state index contributed by atoms with van der Waals surface area (Å²) in [5.41, 5.74) is 1.78. The second kappa shape index (κ2) is 8.37. The molecule has 1 aliphatic heterocycles. The molecule has 2 aromatic heterocycles. The van der Waals surface area contributed by atoms with Gasteiger partial charge in [0.05, 0.1) is 13.3 Å². The number of anilines is 1. The van der Waals surface area contributed by atoms with Crippen molar-refractivity contribution in [3.63, 3.8) is 0 Å². The normalized spacial score (nSPS) is 16.3. The molecule has 0 amide bonds. The lowest BCUT2D eigenvalue weighted by atomic mass is 10.2. The maximum absolute atomic E-state index is 6.08. The molecule has 1 saturated heterocycles. The number of aromatic nitrogens is 2. The van der Waals surface area contributed by atoms with Gasteiger partial charge in [-0.05, 0) is 55.1 Å². The lowest BCUT2D eigenvalue weighted by molar-refractivity contribution is 0.412. The van der Waals surface area contributed by atoms with E-state index < -0.39 is 0 Å². The Morgan fingerprint density at radius 2 is 2.07 bits per heavy atom. The Hall–Kier alpha value is -2.64. The van der Waals surface area contributed by atoms with Crippen molar-refractivity contribution in [1.82, 2.24) is 15.3 Å². The third-order valence-corrected chi connectivity index (χ3v) is 5.19. The molecule has 7 heteroatoms. The highest BCUT2D eigenvalue weighted by atomic mass is 32.1. The van der Waals surface area contributed by atoms with E-state index >= 15 is 0 Å². The van der Waals surface area contributed by atoms with Gasteiger partial charge in [-0.2, -0.15) is 16.3 Å². The van der Waals surface area contributed by atoms with Crippen molar-refractivity contribution in [1.29, 1.82) is 0 Å². The summed E-state index contributed by atoms with van der Waals surface area (Å²) in [5, 5.41) is 11.0. The van der Waals surface area contributed by atoms with Gasteiger partial charge in [-0.25, -0.2) is 4.98 Å². The average Bonchev–Trinajstić information content (AvgIpc) is 3.42. The number of thiophene rings is 1. The van der Waals surface area contributed by atoms with Crippen molar-refractivity contribution in [3.05, 3.63) is 47.3 Å². The molecule has 140 valence electrons. The number of methoxy groups -OCH3 is 1. The van der Waals surface area contributed by atoms with E-state index in [1.54, 1.807) is 24.6 Å². The minimum atomic E-state index is 0.468. The van der Waals surface area contributed by atoms with E-state index in [4.69, 9.17) is 9.47 Å². The number of rotatable bonds is 7. The molecule has 3 heterocycles. The number of ether oxygens (including phenoxy) is 2. The molecule has 0 unspecified atom stereocenters. The monoisotopic (exact) mass is 382 g/mol. The van der Waals surface area contributed by atoms with E-state index in [2.05, 4.69) is 20.6 Å². The molecule has 27 heavy (non-hydrogen) atoms. The Bertz CT molecular complexity index is 862. The van der Waals surface area contributed by atoms with E-state index in [0.717, 1.165) is 30.1 Å². The van der Waals surface area contributed by atoms with E-state index in [9.17, 15) is 0 Å². The Morgan fingerprint density at radius 3 is 2.78 bits per heavy atom. The summed E-state index contributed by atoms with van der Waals surface area (Å²) < 4.78 is 11.3. The largest absolute Gasteiger partial charge is 0.497 e. The summed E-state index contributed by atoms with van der Waals surface area (Å²) in [6, 6.07) is 9.95. The molecule has 1 aliphatic rings. The van der Waals surface area contributed by atoms with Gasteiger partial charge in [-0.3, -0.25) is 0 Å². The number of hydrogen-bond acceptors (Lipinski definition) is 7. The Balaban J connectivity index is 1.58. The fourth-order valence-electron chi connectivity index (χ4n) is 3.02. The van der Waals surface area contributed by atoms with Gasteiger partial charge in [-0.1, -0.05) is 0 Å². The van der Waals surface area contributed by atoms with Crippen molar-refractivity contribution in [2.24, 2.45) is 0 Å². The van der Waals surface area contributed by atoms with Crippen molar-refractivity contribution < 1.29 is 9.47 Å². The van der Waals surface area contributed by atoms with Crippen LogP contribution < -0.4 is 20.1 Å². The topological polar surface area (TPSA) is 68.3 Å². The van der Waals surface area contributed by atoms with Crippen molar-refractivity contribution in [2.75, 3.05) is 25.5 Å². The quantitative estimate of drug-likeness (QED) is 0.639. The molecule has 1 fully saturated rings. The third-order valence-electron chi connectivity index (χ3n) is 4.51. The van der Waals surface area contributed by atoms with Crippen LogP contribution in [-0.4, -0.2) is 36.2 Å². The zero-order valence-corrected chi connectivity index (χ0v) is 16.0. The van der Waals surface area contributed by atoms with Gasteiger partial charge in [0.25, 0.3) is 0 Å². The van der Waals surface area contributed by atoms with Gasteiger partial charge >= 0.3 is 0 Å². The minimum Gasteiger partial charge on any atom is -0.497 e. The van der Waals surface area contributed by atoms with Gasteiger partial charge in [0.2, 0.25) is 5.88 Å². The first kappa shape index (κ1) is 17.8. The van der Waals surface area contributed by atoms with Crippen LogP contribution >= 0.6 is 11.3 Å². The summed E-state index contributed by atoms with van der Waals surface area (Å²) in [6.45, 7) is 1.90. The van der Waals surface area contributed by atoms with Crippen molar-refractivity contribution in [3.8, 4) is 28.8 Å². The van der Waals surface area contributed by atoms with E-state index in [-0.39, 0.29) is 0 Å². The van der Waals surface area contributed by atoms with Crippen molar-refractivity contribution in [2.45, 2.75) is 18.9 Å². The molecule has 3 aromatic rings. The molecule has 0 saturated carbocycles. The van der Waals surface area contributed by atoms with E-state index in [0.29, 0.717) is 23.5 Å². The number of benzene rings is 1. The van der Waals surface area contributed by atoms with Gasteiger partial charge < -0.3 is 20.1 Å². The predicted octanol–water partition coefficient (Wildman–Crippen LogP) is 4.17. The number of hydrogen-bond donors (Lipinski definition) is 2. The maximum Gasteiger partial charge on any atom is 0.246 e. The first-order chi connectivity index (χ1) is 13.3. The molecular weight excluding hydrogens is 360 g/mol. The zero-order chi connectivity index (χ0) is 18.5. The second-order valence-electron chi connectivity index (χ2n) is 6.38. The first-order valence-electron chi connectivity index (χ1n) is 9.00. The Kier molecular flexibility index (Phi) is 5.50. The summed E-state index contributed by atoms with van der Waals surface area (Å²) in [6.07, 6.45) is 4.19. The van der Waals surface area contributed by atoms with Crippen LogP contribution in [0.2, 0.25) is 0 Å². The Labute approximate surface area is 162 Å². The standard InChI is InChI=1S/C20H22N4O2S/c1-25-16-4-6-17(7-5-16)26-20-18(22-11-15-3-2-9-21-15)12-23-19(24-20)14-8-10-27-13-14/h4-8,10,12-13,15,21-22H,2-3,9,11H2,1H3/t15-/m0/s1. The minimum absolute atomic E-state index is 0.468. The molecule has 0 aliphatic carbocycles. The summed E-state index contributed by atoms with van der Waals surface area (Å²) in [7, 11) is 1.65. The van der Waals surface area contributed by atoms with Gasteiger partial charge in [-0.15, -0.1) is 0 Å². The Morgan fingerprint density at radius 1 is 1.22 bits per heavy atom. The van der Waals surface area contributed by atoms with Crippen LogP contribution in [0.5, 0.6) is 17.4 Å². The van der Waals surface area contributed by atoms with Crippen LogP contribution in [0.1, 0.15) is 12.8 Å². The van der Waals surface area contributed by atoms with Crippen LogP contribution in [0.3, 0.4) is 0 Å². The third kappa shape index (κ3) is 4.37. The number of nitrogens with one attached hydrogen (secondary N) is 2. The molecule has 1 aromatic carbocycles. The molecule has 1 atom stereocenters.